The molecule has 1 aromatic heterocycles. The number of amides is 2. The SMILES string of the molecule is O=C(N[C@H](Cc1cnc[nH]1)C(=O)N/N=C\c1cc2c(cc1Cl)OCO2)OCc1ccccc1. The molecule has 1 atom stereocenters. The standard InChI is InChI=1S/C22H20ClN5O5/c23-17-8-20-19(32-13-33-20)6-15(17)9-26-28-21(29)18(7-16-10-24-12-25-16)27-22(30)31-11-14-4-2-1-3-5-14/h1-6,8-10,12,18H,7,11,13H2,(H,24,25)(H,27,30)(H,28,29)/b26-9-/t18-/m1/s1. The summed E-state index contributed by atoms with van der Waals surface area (Å²) in [7, 11) is 0. The molecule has 0 radical (unpaired) electrons. The highest BCUT2D eigenvalue weighted by Crippen LogP contribution is 2.36. The van der Waals surface area contributed by atoms with Gasteiger partial charge in [-0.1, -0.05) is 41.9 Å². The molecule has 1 aliphatic rings. The molecule has 0 saturated carbocycles. The summed E-state index contributed by atoms with van der Waals surface area (Å²) in [6.07, 6.45) is 3.85. The van der Waals surface area contributed by atoms with Crippen molar-refractivity contribution in [3.8, 4) is 11.5 Å². The van der Waals surface area contributed by atoms with Gasteiger partial charge in [0.1, 0.15) is 12.6 Å². The maximum Gasteiger partial charge on any atom is 0.408 e. The van der Waals surface area contributed by atoms with Crippen molar-refractivity contribution in [3.05, 3.63) is 76.8 Å². The minimum absolute atomic E-state index is 0.0752. The highest BCUT2D eigenvalue weighted by molar-refractivity contribution is 6.33. The minimum Gasteiger partial charge on any atom is -0.454 e. The van der Waals surface area contributed by atoms with Crippen molar-refractivity contribution in [1.29, 1.82) is 0 Å². The molecule has 0 aliphatic carbocycles. The van der Waals surface area contributed by atoms with Gasteiger partial charge in [-0.15, -0.1) is 0 Å². The molecular formula is C22H20ClN5O5. The van der Waals surface area contributed by atoms with E-state index in [4.69, 9.17) is 25.8 Å². The van der Waals surface area contributed by atoms with Gasteiger partial charge in [0.05, 0.1) is 17.6 Å². The van der Waals surface area contributed by atoms with E-state index < -0.39 is 18.0 Å². The maximum atomic E-state index is 12.7. The van der Waals surface area contributed by atoms with Crippen LogP contribution in [0.2, 0.25) is 5.02 Å². The Morgan fingerprint density at radius 3 is 2.79 bits per heavy atom. The van der Waals surface area contributed by atoms with Gasteiger partial charge >= 0.3 is 6.09 Å². The van der Waals surface area contributed by atoms with Crippen molar-refractivity contribution in [2.24, 2.45) is 5.10 Å². The fourth-order valence-corrected chi connectivity index (χ4v) is 3.21. The van der Waals surface area contributed by atoms with Crippen molar-refractivity contribution in [1.82, 2.24) is 20.7 Å². The number of halogens is 1. The molecule has 4 rings (SSSR count). The zero-order valence-corrected chi connectivity index (χ0v) is 18.0. The average Bonchev–Trinajstić information content (AvgIpc) is 3.49. The summed E-state index contributed by atoms with van der Waals surface area (Å²) >= 11 is 6.21. The molecule has 2 amide bonds. The zero-order valence-electron chi connectivity index (χ0n) is 17.3. The van der Waals surface area contributed by atoms with E-state index in [1.54, 1.807) is 18.3 Å². The molecule has 2 aromatic carbocycles. The lowest BCUT2D eigenvalue weighted by atomic mass is 10.1. The number of rotatable bonds is 8. The Morgan fingerprint density at radius 1 is 1.24 bits per heavy atom. The Bertz CT molecular complexity index is 1140. The molecule has 1 aliphatic heterocycles. The summed E-state index contributed by atoms with van der Waals surface area (Å²) in [4.78, 5) is 31.9. The fraction of sp³-hybridized carbons (Fsp3) is 0.182. The van der Waals surface area contributed by atoms with Gasteiger partial charge in [0.25, 0.3) is 5.91 Å². The number of hydrazone groups is 1. The van der Waals surface area contributed by atoms with Crippen LogP contribution in [0.15, 0.2) is 60.1 Å². The van der Waals surface area contributed by atoms with Crippen LogP contribution in [0.1, 0.15) is 16.8 Å². The first-order chi connectivity index (χ1) is 16.1. The van der Waals surface area contributed by atoms with Gasteiger partial charge in [-0.2, -0.15) is 5.10 Å². The highest BCUT2D eigenvalue weighted by atomic mass is 35.5. The third-order valence-electron chi connectivity index (χ3n) is 4.67. The van der Waals surface area contributed by atoms with Crippen LogP contribution < -0.4 is 20.2 Å². The first kappa shape index (κ1) is 22.2. The van der Waals surface area contributed by atoms with Crippen molar-refractivity contribution in [2.75, 3.05) is 6.79 Å². The Labute approximate surface area is 193 Å². The second kappa shape index (κ2) is 10.5. The number of imidazole rings is 1. The summed E-state index contributed by atoms with van der Waals surface area (Å²) < 4.78 is 15.8. The number of nitrogens with one attached hydrogen (secondary N) is 3. The van der Waals surface area contributed by atoms with E-state index in [1.165, 1.54) is 12.5 Å². The summed E-state index contributed by atoms with van der Waals surface area (Å²) in [5.41, 5.74) is 4.42. The van der Waals surface area contributed by atoms with E-state index in [0.717, 1.165) is 5.56 Å². The zero-order chi connectivity index (χ0) is 23.0. The van der Waals surface area contributed by atoms with Crippen LogP contribution in [0.25, 0.3) is 0 Å². The number of fused-ring (bicyclic) bond motifs is 1. The third-order valence-corrected chi connectivity index (χ3v) is 5.00. The van der Waals surface area contributed by atoms with Gasteiger partial charge in [0.15, 0.2) is 11.5 Å². The van der Waals surface area contributed by atoms with E-state index in [-0.39, 0.29) is 19.8 Å². The molecule has 0 unspecified atom stereocenters. The number of nitrogens with zero attached hydrogens (tertiary/aromatic N) is 2. The number of carbonyl (C=O) groups excluding carboxylic acids is 2. The van der Waals surface area contributed by atoms with Gasteiger partial charge in [0.2, 0.25) is 6.79 Å². The lowest BCUT2D eigenvalue weighted by molar-refractivity contribution is -0.123. The molecule has 0 saturated heterocycles. The van der Waals surface area contributed by atoms with E-state index in [1.807, 2.05) is 30.3 Å². The molecule has 3 aromatic rings. The number of aromatic amines is 1. The van der Waals surface area contributed by atoms with Crippen molar-refractivity contribution in [2.45, 2.75) is 19.1 Å². The highest BCUT2D eigenvalue weighted by Gasteiger charge is 2.23. The molecule has 2 heterocycles. The molecule has 0 bridgehead atoms. The number of aromatic nitrogens is 2. The number of hydrogen-bond acceptors (Lipinski definition) is 7. The molecule has 10 nitrogen and oxygen atoms in total. The summed E-state index contributed by atoms with van der Waals surface area (Å²) in [6, 6.07) is 11.5. The summed E-state index contributed by atoms with van der Waals surface area (Å²) in [6.45, 7) is 0.191. The van der Waals surface area contributed by atoms with Gasteiger partial charge in [-0.05, 0) is 11.6 Å². The first-order valence-electron chi connectivity index (χ1n) is 9.95. The van der Waals surface area contributed by atoms with Crippen LogP contribution in [0.5, 0.6) is 11.5 Å². The van der Waals surface area contributed by atoms with Crippen LogP contribution in [0, 0.1) is 0 Å². The summed E-state index contributed by atoms with van der Waals surface area (Å²) in [5, 5.41) is 6.90. The number of alkyl carbamates (subject to hydrolysis) is 1. The lowest BCUT2D eigenvalue weighted by Gasteiger charge is -2.16. The second-order valence-electron chi connectivity index (χ2n) is 7.00. The first-order valence-corrected chi connectivity index (χ1v) is 10.3. The molecule has 0 fully saturated rings. The number of H-pyrrole nitrogens is 1. The maximum absolute atomic E-state index is 12.7. The van der Waals surface area contributed by atoms with E-state index in [2.05, 4.69) is 25.8 Å². The Hall–Kier alpha value is -4.05. The fourth-order valence-electron chi connectivity index (χ4n) is 3.01. The van der Waals surface area contributed by atoms with Gasteiger partial charge in [-0.25, -0.2) is 15.2 Å². The molecule has 0 spiro atoms. The predicted molar refractivity (Wildman–Crippen MR) is 119 cm³/mol. The molecule has 3 N–H and O–H groups in total. The van der Waals surface area contributed by atoms with E-state index in [0.29, 0.717) is 27.8 Å². The number of benzene rings is 2. The Balaban J connectivity index is 1.38. The van der Waals surface area contributed by atoms with Gasteiger partial charge in [-0.3, -0.25) is 4.79 Å². The van der Waals surface area contributed by atoms with Crippen LogP contribution in [0.4, 0.5) is 4.79 Å². The molecule has 33 heavy (non-hydrogen) atoms. The second-order valence-corrected chi connectivity index (χ2v) is 7.41. The molecule has 170 valence electrons. The van der Waals surface area contributed by atoms with Crippen molar-refractivity contribution in [3.63, 3.8) is 0 Å². The smallest absolute Gasteiger partial charge is 0.408 e. The predicted octanol–water partition coefficient (Wildman–Crippen LogP) is 2.78. The summed E-state index contributed by atoms with van der Waals surface area (Å²) in [5.74, 6) is 0.528. The van der Waals surface area contributed by atoms with Crippen LogP contribution in [-0.4, -0.2) is 41.0 Å². The largest absolute Gasteiger partial charge is 0.454 e. The van der Waals surface area contributed by atoms with Crippen LogP contribution in [0.3, 0.4) is 0 Å². The van der Waals surface area contributed by atoms with Crippen molar-refractivity contribution >= 4 is 29.8 Å². The van der Waals surface area contributed by atoms with E-state index >= 15 is 0 Å². The number of hydrogen-bond donors (Lipinski definition) is 3. The molecule has 11 heteroatoms. The van der Waals surface area contributed by atoms with Crippen LogP contribution >= 0.6 is 11.6 Å². The Kier molecular flexibility index (Phi) is 7.06. The van der Waals surface area contributed by atoms with Crippen molar-refractivity contribution < 1.29 is 23.8 Å². The topological polar surface area (TPSA) is 127 Å². The monoisotopic (exact) mass is 469 g/mol. The normalized spacial score (nSPS) is 13.0. The van der Waals surface area contributed by atoms with Gasteiger partial charge < -0.3 is 24.5 Å². The quantitative estimate of drug-likeness (QED) is 0.344. The van der Waals surface area contributed by atoms with Gasteiger partial charge in [0, 0.05) is 29.9 Å². The third kappa shape index (κ3) is 6.01. The number of ether oxygens (including phenoxy) is 3. The number of carbonyl (C=O) groups is 2. The molecular weight excluding hydrogens is 450 g/mol. The lowest BCUT2D eigenvalue weighted by Crippen LogP contribution is -2.47. The Morgan fingerprint density at radius 2 is 2.03 bits per heavy atom. The average molecular weight is 470 g/mol. The van der Waals surface area contributed by atoms with E-state index in [9.17, 15) is 9.59 Å². The van der Waals surface area contributed by atoms with Crippen LogP contribution in [-0.2, 0) is 22.6 Å². The minimum atomic E-state index is -0.960.